The van der Waals surface area contributed by atoms with Crippen molar-refractivity contribution in [2.75, 3.05) is 14.1 Å². The second-order valence-corrected chi connectivity index (χ2v) is 2.96. The van der Waals surface area contributed by atoms with E-state index < -0.39 is 11.5 Å². The molecule has 1 aromatic heterocycles. The number of carbonyl (C=O) groups excluding carboxylic acids is 1. The standard InChI is InChI=1S/C6H8N4O2S/c1-10(2)5(12)3-4(11)7-6(13)9-8-3/h1-2H3,(H2,7,9,11,13). The maximum absolute atomic E-state index is 11.3. The summed E-state index contributed by atoms with van der Waals surface area (Å²) >= 11 is 4.61. The van der Waals surface area contributed by atoms with Crippen LogP contribution in [0, 0.1) is 4.77 Å². The molecule has 0 saturated heterocycles. The highest BCUT2D eigenvalue weighted by Gasteiger charge is 2.13. The molecule has 0 saturated carbocycles. The van der Waals surface area contributed by atoms with Crippen LogP contribution >= 0.6 is 12.2 Å². The van der Waals surface area contributed by atoms with E-state index in [1.54, 1.807) is 0 Å². The summed E-state index contributed by atoms with van der Waals surface area (Å²) in [7, 11) is 3.07. The Labute approximate surface area is 78.6 Å². The Morgan fingerprint density at radius 2 is 2.15 bits per heavy atom. The van der Waals surface area contributed by atoms with Crippen molar-refractivity contribution >= 4 is 18.1 Å². The van der Waals surface area contributed by atoms with Gasteiger partial charge in [-0.05, 0) is 12.2 Å². The monoisotopic (exact) mass is 200 g/mol. The van der Waals surface area contributed by atoms with E-state index in [4.69, 9.17) is 0 Å². The molecule has 6 nitrogen and oxygen atoms in total. The largest absolute Gasteiger partial charge is 0.343 e. The average molecular weight is 200 g/mol. The van der Waals surface area contributed by atoms with E-state index in [9.17, 15) is 9.59 Å². The lowest BCUT2D eigenvalue weighted by Gasteiger charge is -2.07. The quantitative estimate of drug-likeness (QED) is 0.600. The first-order chi connectivity index (χ1) is 6.02. The molecule has 1 rings (SSSR count). The average Bonchev–Trinajstić information content (AvgIpc) is 2.03. The first-order valence-electron chi connectivity index (χ1n) is 3.43. The van der Waals surface area contributed by atoms with Gasteiger partial charge >= 0.3 is 0 Å². The zero-order valence-corrected chi connectivity index (χ0v) is 7.94. The van der Waals surface area contributed by atoms with E-state index in [1.807, 2.05) is 0 Å². The number of hydrogen-bond acceptors (Lipinski definition) is 4. The fourth-order valence-electron chi connectivity index (χ4n) is 0.704. The first-order valence-corrected chi connectivity index (χ1v) is 3.84. The lowest BCUT2D eigenvalue weighted by molar-refractivity contribution is 0.0818. The van der Waals surface area contributed by atoms with Crippen LogP contribution in [0.25, 0.3) is 0 Å². The number of amides is 1. The number of aromatic nitrogens is 3. The molecule has 1 heterocycles. The van der Waals surface area contributed by atoms with Crippen LogP contribution in [0.1, 0.15) is 10.5 Å². The molecule has 7 heteroatoms. The maximum Gasteiger partial charge on any atom is 0.283 e. The Balaban J connectivity index is 3.25. The topological polar surface area (TPSA) is 81.8 Å². The van der Waals surface area contributed by atoms with Crippen LogP contribution in [0.15, 0.2) is 4.79 Å². The lowest BCUT2D eigenvalue weighted by Crippen LogP contribution is -2.30. The molecule has 70 valence electrons. The molecule has 0 aliphatic rings. The molecule has 0 radical (unpaired) electrons. The highest BCUT2D eigenvalue weighted by Crippen LogP contribution is 1.87. The van der Waals surface area contributed by atoms with Crippen molar-refractivity contribution < 1.29 is 4.79 Å². The zero-order chi connectivity index (χ0) is 10.0. The number of H-pyrrole nitrogens is 2. The molecule has 0 fully saturated rings. The van der Waals surface area contributed by atoms with Crippen molar-refractivity contribution in [3.8, 4) is 0 Å². The molecule has 0 aliphatic heterocycles. The third-order valence-electron chi connectivity index (χ3n) is 1.32. The molecule has 0 atom stereocenters. The number of nitrogens with one attached hydrogen (secondary N) is 2. The fourth-order valence-corrected chi connectivity index (χ4v) is 0.843. The summed E-state index contributed by atoms with van der Waals surface area (Å²) in [6, 6.07) is 0. The van der Waals surface area contributed by atoms with Crippen LogP contribution < -0.4 is 5.56 Å². The van der Waals surface area contributed by atoms with Gasteiger partial charge in [0.2, 0.25) is 5.69 Å². The van der Waals surface area contributed by atoms with Crippen LogP contribution in [0.2, 0.25) is 0 Å². The zero-order valence-electron chi connectivity index (χ0n) is 7.12. The van der Waals surface area contributed by atoms with Crippen LogP contribution in [0.4, 0.5) is 0 Å². The van der Waals surface area contributed by atoms with Gasteiger partial charge in [-0.3, -0.25) is 19.7 Å². The number of aromatic amines is 2. The maximum atomic E-state index is 11.3. The fraction of sp³-hybridized carbons (Fsp3) is 0.333. The van der Waals surface area contributed by atoms with Crippen molar-refractivity contribution in [3.63, 3.8) is 0 Å². The van der Waals surface area contributed by atoms with Crippen LogP contribution in [0.3, 0.4) is 0 Å². The highest BCUT2D eigenvalue weighted by molar-refractivity contribution is 7.71. The summed E-state index contributed by atoms with van der Waals surface area (Å²) in [5.41, 5.74) is -0.777. The second kappa shape index (κ2) is 3.48. The molecular formula is C6H8N4O2S. The third kappa shape index (κ3) is 2.00. The van der Waals surface area contributed by atoms with Gasteiger partial charge in [0.15, 0.2) is 4.77 Å². The van der Waals surface area contributed by atoms with Gasteiger partial charge < -0.3 is 4.90 Å². The third-order valence-corrected chi connectivity index (χ3v) is 1.51. The van der Waals surface area contributed by atoms with Gasteiger partial charge in [-0.25, -0.2) is 0 Å². The number of nitrogens with zero attached hydrogens (tertiary/aromatic N) is 2. The predicted molar refractivity (Wildman–Crippen MR) is 48.1 cm³/mol. The lowest BCUT2D eigenvalue weighted by atomic mass is 10.4. The van der Waals surface area contributed by atoms with Gasteiger partial charge in [0.1, 0.15) is 0 Å². The van der Waals surface area contributed by atoms with Crippen LogP contribution in [-0.4, -0.2) is 40.1 Å². The van der Waals surface area contributed by atoms with Crippen molar-refractivity contribution in [1.29, 1.82) is 0 Å². The number of carbonyl (C=O) groups is 1. The molecule has 0 spiro atoms. The van der Waals surface area contributed by atoms with Gasteiger partial charge in [0, 0.05) is 14.1 Å². The Morgan fingerprint density at radius 3 is 2.62 bits per heavy atom. The van der Waals surface area contributed by atoms with E-state index >= 15 is 0 Å². The highest BCUT2D eigenvalue weighted by atomic mass is 32.1. The summed E-state index contributed by atoms with van der Waals surface area (Å²) in [4.78, 5) is 25.9. The normalized spacial score (nSPS) is 9.69. The molecule has 13 heavy (non-hydrogen) atoms. The van der Waals surface area contributed by atoms with Crippen LogP contribution in [-0.2, 0) is 0 Å². The van der Waals surface area contributed by atoms with Gasteiger partial charge in [-0.15, -0.1) is 0 Å². The molecule has 0 aromatic carbocycles. The minimum Gasteiger partial charge on any atom is -0.343 e. The van der Waals surface area contributed by atoms with E-state index in [0.29, 0.717) is 0 Å². The molecule has 0 unspecified atom stereocenters. The van der Waals surface area contributed by atoms with E-state index in [1.165, 1.54) is 19.0 Å². The van der Waals surface area contributed by atoms with Gasteiger partial charge in [0.05, 0.1) is 0 Å². The number of hydrogen-bond donors (Lipinski definition) is 2. The summed E-state index contributed by atoms with van der Waals surface area (Å²) in [6.45, 7) is 0. The Morgan fingerprint density at radius 1 is 1.54 bits per heavy atom. The van der Waals surface area contributed by atoms with Crippen molar-refractivity contribution in [3.05, 3.63) is 20.8 Å². The summed E-state index contributed by atoms with van der Waals surface area (Å²) in [5.74, 6) is -0.465. The van der Waals surface area contributed by atoms with Gasteiger partial charge in [0.25, 0.3) is 11.5 Å². The summed E-state index contributed by atoms with van der Waals surface area (Å²) in [6.07, 6.45) is 0. The van der Waals surface area contributed by atoms with Crippen molar-refractivity contribution in [1.82, 2.24) is 20.1 Å². The molecule has 1 aromatic rings. The Kier molecular flexibility index (Phi) is 2.57. The predicted octanol–water partition coefficient (Wildman–Crippen LogP) is -0.471. The minimum absolute atomic E-state index is 0.0975. The van der Waals surface area contributed by atoms with E-state index in [-0.39, 0.29) is 10.5 Å². The minimum atomic E-state index is -0.581. The molecular weight excluding hydrogens is 192 g/mol. The van der Waals surface area contributed by atoms with Crippen molar-refractivity contribution in [2.24, 2.45) is 0 Å². The summed E-state index contributed by atoms with van der Waals surface area (Å²) in [5, 5.41) is 5.87. The molecule has 1 amide bonds. The first kappa shape index (κ1) is 9.59. The second-order valence-electron chi connectivity index (χ2n) is 2.56. The summed E-state index contributed by atoms with van der Waals surface area (Å²) < 4.78 is 0.0975. The molecule has 2 N–H and O–H groups in total. The van der Waals surface area contributed by atoms with Gasteiger partial charge in [-0.2, -0.15) is 5.10 Å². The Hall–Kier alpha value is -1.50. The molecule has 0 bridgehead atoms. The van der Waals surface area contributed by atoms with Crippen molar-refractivity contribution in [2.45, 2.75) is 0 Å². The Bertz CT molecular complexity index is 433. The molecule has 0 aliphatic carbocycles. The van der Waals surface area contributed by atoms with Crippen LogP contribution in [0.5, 0.6) is 0 Å². The smallest absolute Gasteiger partial charge is 0.283 e. The SMILES string of the molecule is CN(C)C(=O)c1n[nH]c(=S)[nH]c1=O. The van der Waals surface area contributed by atoms with E-state index in [0.717, 1.165) is 0 Å². The number of rotatable bonds is 1. The van der Waals surface area contributed by atoms with E-state index in [2.05, 4.69) is 27.4 Å². The van der Waals surface area contributed by atoms with Gasteiger partial charge in [-0.1, -0.05) is 0 Å².